The number of nitrogens with zero attached hydrogens (tertiary/aromatic N) is 1. The molecule has 0 unspecified atom stereocenters. The molecular formula is C30H28F3NO4S. The second kappa shape index (κ2) is 11.0. The van der Waals surface area contributed by atoms with Crippen LogP contribution in [0.2, 0.25) is 0 Å². The number of benzene rings is 3. The van der Waals surface area contributed by atoms with Crippen LogP contribution in [0.3, 0.4) is 0 Å². The lowest BCUT2D eigenvalue weighted by Gasteiger charge is -2.21. The number of hydrogen-bond donors (Lipinski definition) is 0. The van der Waals surface area contributed by atoms with E-state index in [1.807, 2.05) is 24.3 Å². The van der Waals surface area contributed by atoms with Gasteiger partial charge in [0.25, 0.3) is 10.0 Å². The van der Waals surface area contributed by atoms with Crippen molar-refractivity contribution in [2.75, 3.05) is 6.54 Å². The van der Waals surface area contributed by atoms with Crippen molar-refractivity contribution < 1.29 is 30.8 Å². The zero-order valence-corrected chi connectivity index (χ0v) is 22.0. The summed E-state index contributed by atoms with van der Waals surface area (Å²) in [6.07, 6.45) is -1.34. The number of ketones is 1. The van der Waals surface area contributed by atoms with E-state index in [1.165, 1.54) is 22.5 Å². The standard InChI is InChI=1S/C30H28F3NO4S/c31-30(32,33)25-15-12-21(13-16-25)10-11-22-5-3-6-23(19-22)14-17-27(35)26-8-4-18-34(26)39(36,37)29-20-24-7-1-2-9-28(24)38-29/h1-3,5-7,9,12-13,15-16,19-20,26H,4,8,10-11,14,17-18H2/t26-/m0/s1. The van der Waals surface area contributed by atoms with Crippen molar-refractivity contribution >= 4 is 26.8 Å². The molecule has 1 aromatic heterocycles. The molecule has 1 fully saturated rings. The number of sulfonamides is 1. The van der Waals surface area contributed by atoms with Crippen LogP contribution < -0.4 is 0 Å². The van der Waals surface area contributed by atoms with Crippen molar-refractivity contribution in [1.29, 1.82) is 0 Å². The molecule has 4 aromatic rings. The Kier molecular flexibility index (Phi) is 7.64. The second-order valence-electron chi connectivity index (χ2n) is 9.86. The minimum Gasteiger partial charge on any atom is -0.443 e. The summed E-state index contributed by atoms with van der Waals surface area (Å²) in [7, 11) is -3.95. The highest BCUT2D eigenvalue weighted by molar-refractivity contribution is 7.89. The fourth-order valence-electron chi connectivity index (χ4n) is 5.07. The van der Waals surface area contributed by atoms with Gasteiger partial charge in [0, 0.05) is 24.4 Å². The van der Waals surface area contributed by atoms with E-state index in [9.17, 15) is 26.4 Å². The number of rotatable bonds is 9. The van der Waals surface area contributed by atoms with Gasteiger partial charge in [-0.2, -0.15) is 17.5 Å². The fourth-order valence-corrected chi connectivity index (χ4v) is 6.70. The van der Waals surface area contributed by atoms with E-state index in [2.05, 4.69) is 0 Å². The van der Waals surface area contributed by atoms with E-state index in [-0.39, 0.29) is 23.8 Å². The molecule has 5 nitrogen and oxygen atoms in total. The molecule has 204 valence electrons. The Hall–Kier alpha value is -3.43. The molecule has 5 rings (SSSR count). The maximum Gasteiger partial charge on any atom is 0.416 e. The number of Topliss-reactive ketones (excluding diaryl/α,β-unsaturated/α-hetero) is 1. The predicted molar refractivity (Wildman–Crippen MR) is 142 cm³/mol. The predicted octanol–water partition coefficient (Wildman–Crippen LogP) is 6.59. The Morgan fingerprint density at radius 3 is 2.28 bits per heavy atom. The summed E-state index contributed by atoms with van der Waals surface area (Å²) >= 11 is 0. The molecule has 39 heavy (non-hydrogen) atoms. The van der Waals surface area contributed by atoms with Crippen LogP contribution in [0.5, 0.6) is 0 Å². The first kappa shape index (κ1) is 27.1. The molecule has 0 N–H and O–H groups in total. The van der Waals surface area contributed by atoms with Gasteiger partial charge in [-0.05, 0) is 67.0 Å². The van der Waals surface area contributed by atoms with E-state index in [0.29, 0.717) is 43.1 Å². The Labute approximate surface area is 225 Å². The first-order chi connectivity index (χ1) is 18.6. The smallest absolute Gasteiger partial charge is 0.416 e. The number of carbonyl (C=O) groups excluding carboxylic acids is 1. The third-order valence-corrected chi connectivity index (χ3v) is 8.94. The SMILES string of the molecule is O=C(CCc1cccc(CCc2ccc(C(F)(F)F)cc2)c1)[C@@H]1CCCN1S(=O)(=O)c1cc2ccccc2o1. The summed E-state index contributed by atoms with van der Waals surface area (Å²) < 4.78 is 71.8. The van der Waals surface area contributed by atoms with Crippen LogP contribution in [0, 0.1) is 0 Å². The lowest BCUT2D eigenvalue weighted by molar-refractivity contribution is -0.137. The van der Waals surface area contributed by atoms with Crippen LogP contribution >= 0.6 is 0 Å². The normalized spacial score (nSPS) is 16.6. The van der Waals surface area contributed by atoms with Crippen LogP contribution in [0.1, 0.15) is 41.5 Å². The topological polar surface area (TPSA) is 67.6 Å². The van der Waals surface area contributed by atoms with Gasteiger partial charge in [-0.3, -0.25) is 4.79 Å². The number of halogens is 3. The molecule has 0 saturated carbocycles. The van der Waals surface area contributed by atoms with Crippen molar-refractivity contribution in [3.05, 3.63) is 101 Å². The zero-order valence-electron chi connectivity index (χ0n) is 21.2. The molecule has 1 aliphatic rings. The maximum absolute atomic E-state index is 13.3. The van der Waals surface area contributed by atoms with Gasteiger partial charge in [0.15, 0.2) is 5.78 Å². The van der Waals surface area contributed by atoms with Gasteiger partial charge in [-0.1, -0.05) is 54.6 Å². The minimum absolute atomic E-state index is 0.123. The molecule has 1 atom stereocenters. The maximum atomic E-state index is 13.3. The molecule has 0 bridgehead atoms. The average Bonchev–Trinajstić information content (AvgIpc) is 3.59. The van der Waals surface area contributed by atoms with Crippen molar-refractivity contribution in [3.8, 4) is 0 Å². The summed E-state index contributed by atoms with van der Waals surface area (Å²) in [5.74, 6) is -0.123. The third-order valence-electron chi connectivity index (χ3n) is 7.18. The molecule has 1 aliphatic heterocycles. The van der Waals surface area contributed by atoms with Crippen molar-refractivity contribution in [1.82, 2.24) is 4.31 Å². The quantitative estimate of drug-likeness (QED) is 0.234. The van der Waals surface area contributed by atoms with Crippen LogP contribution in [0.4, 0.5) is 13.2 Å². The Morgan fingerprint density at radius 2 is 1.56 bits per heavy atom. The summed E-state index contributed by atoms with van der Waals surface area (Å²) in [4.78, 5) is 13.2. The minimum atomic E-state index is -4.35. The largest absolute Gasteiger partial charge is 0.443 e. The van der Waals surface area contributed by atoms with Gasteiger partial charge >= 0.3 is 6.18 Å². The number of aryl methyl sites for hydroxylation is 3. The Bertz CT molecular complexity index is 1540. The van der Waals surface area contributed by atoms with Gasteiger partial charge in [-0.25, -0.2) is 8.42 Å². The van der Waals surface area contributed by atoms with Gasteiger partial charge in [0.2, 0.25) is 5.09 Å². The molecule has 0 amide bonds. The van der Waals surface area contributed by atoms with Crippen molar-refractivity contribution in [3.63, 3.8) is 0 Å². The number of alkyl halides is 3. The zero-order chi connectivity index (χ0) is 27.6. The molecule has 0 spiro atoms. The first-order valence-electron chi connectivity index (χ1n) is 12.9. The average molecular weight is 556 g/mol. The van der Waals surface area contributed by atoms with Gasteiger partial charge < -0.3 is 4.42 Å². The molecule has 0 aliphatic carbocycles. The lowest BCUT2D eigenvalue weighted by Crippen LogP contribution is -2.40. The van der Waals surface area contributed by atoms with E-state index < -0.39 is 27.8 Å². The van der Waals surface area contributed by atoms with Crippen molar-refractivity contribution in [2.24, 2.45) is 0 Å². The lowest BCUT2D eigenvalue weighted by atomic mass is 9.98. The van der Waals surface area contributed by atoms with E-state index >= 15 is 0 Å². The number of furan rings is 1. The van der Waals surface area contributed by atoms with E-state index in [0.717, 1.165) is 28.8 Å². The van der Waals surface area contributed by atoms with Crippen LogP contribution in [0.15, 0.2) is 88.4 Å². The highest BCUT2D eigenvalue weighted by Gasteiger charge is 2.40. The fraction of sp³-hybridized carbons (Fsp3) is 0.300. The molecule has 2 heterocycles. The van der Waals surface area contributed by atoms with E-state index in [4.69, 9.17) is 4.42 Å². The number of para-hydroxylation sites is 1. The second-order valence-corrected chi connectivity index (χ2v) is 11.7. The van der Waals surface area contributed by atoms with Crippen LogP contribution in [-0.4, -0.2) is 31.1 Å². The van der Waals surface area contributed by atoms with Gasteiger partial charge in [-0.15, -0.1) is 0 Å². The number of hydrogen-bond acceptors (Lipinski definition) is 4. The molecule has 9 heteroatoms. The number of fused-ring (bicyclic) bond motifs is 1. The molecule has 0 radical (unpaired) electrons. The number of carbonyl (C=O) groups is 1. The highest BCUT2D eigenvalue weighted by Crippen LogP contribution is 2.31. The highest BCUT2D eigenvalue weighted by atomic mass is 32.2. The Morgan fingerprint density at radius 1 is 0.872 bits per heavy atom. The summed E-state index contributed by atoms with van der Waals surface area (Å²) in [6.45, 7) is 0.273. The molecule has 3 aromatic carbocycles. The monoisotopic (exact) mass is 555 g/mol. The molecule has 1 saturated heterocycles. The van der Waals surface area contributed by atoms with Crippen LogP contribution in [-0.2, 0) is 40.3 Å². The first-order valence-corrected chi connectivity index (χ1v) is 14.3. The third kappa shape index (κ3) is 6.09. The van der Waals surface area contributed by atoms with Crippen molar-refractivity contribution in [2.45, 2.75) is 55.8 Å². The Balaban J connectivity index is 1.20. The van der Waals surface area contributed by atoms with Gasteiger partial charge in [0.1, 0.15) is 5.58 Å². The summed E-state index contributed by atoms with van der Waals surface area (Å²) in [5.41, 5.74) is 2.61. The van der Waals surface area contributed by atoms with Gasteiger partial charge in [0.05, 0.1) is 11.6 Å². The summed E-state index contributed by atoms with van der Waals surface area (Å²) in [6, 6.07) is 20.8. The van der Waals surface area contributed by atoms with E-state index in [1.54, 1.807) is 24.3 Å². The molecular weight excluding hydrogens is 527 g/mol. The summed E-state index contributed by atoms with van der Waals surface area (Å²) in [5, 5.41) is 0.542. The van der Waals surface area contributed by atoms with Crippen LogP contribution in [0.25, 0.3) is 11.0 Å².